The van der Waals surface area contributed by atoms with Crippen molar-refractivity contribution in [3.05, 3.63) is 36.0 Å². The van der Waals surface area contributed by atoms with Crippen LogP contribution in [-0.2, 0) is 4.79 Å². The Morgan fingerprint density at radius 1 is 1.12 bits per heavy atom. The number of piperazine rings is 1. The van der Waals surface area contributed by atoms with E-state index in [-0.39, 0.29) is 11.8 Å². The molecule has 24 heavy (non-hydrogen) atoms. The number of aromatic amines is 1. The summed E-state index contributed by atoms with van der Waals surface area (Å²) in [4.78, 5) is 27.4. The van der Waals surface area contributed by atoms with Gasteiger partial charge in [-0.2, -0.15) is 5.10 Å². The molecule has 1 aliphatic heterocycles. The van der Waals surface area contributed by atoms with E-state index >= 15 is 0 Å². The van der Waals surface area contributed by atoms with E-state index in [9.17, 15) is 9.59 Å². The van der Waals surface area contributed by atoms with Gasteiger partial charge in [-0.25, -0.2) is 0 Å². The van der Waals surface area contributed by atoms with Gasteiger partial charge in [0.15, 0.2) is 0 Å². The van der Waals surface area contributed by atoms with Crippen LogP contribution in [0.5, 0.6) is 5.75 Å². The van der Waals surface area contributed by atoms with Crippen LogP contribution in [0.3, 0.4) is 0 Å². The molecule has 1 aromatic heterocycles. The van der Waals surface area contributed by atoms with E-state index in [1.54, 1.807) is 29.9 Å². The monoisotopic (exact) mass is 328 g/mol. The second-order valence-electron chi connectivity index (χ2n) is 5.67. The Bertz CT molecular complexity index is 748. The second kappa shape index (κ2) is 6.74. The van der Waals surface area contributed by atoms with Gasteiger partial charge in [0.25, 0.3) is 5.91 Å². The van der Waals surface area contributed by atoms with E-state index in [2.05, 4.69) is 10.2 Å². The minimum Gasteiger partial charge on any atom is -0.496 e. The Labute approximate surface area is 140 Å². The predicted octanol–water partition coefficient (Wildman–Crippen LogP) is 1.39. The number of ether oxygens (including phenoxy) is 1. The molecule has 0 radical (unpaired) electrons. The predicted molar refractivity (Wildman–Crippen MR) is 88.7 cm³/mol. The van der Waals surface area contributed by atoms with Crippen molar-refractivity contribution in [2.24, 2.45) is 0 Å². The van der Waals surface area contributed by atoms with Crippen LogP contribution < -0.4 is 4.74 Å². The van der Waals surface area contributed by atoms with Crippen molar-refractivity contribution < 1.29 is 14.3 Å². The molecule has 2 amide bonds. The highest BCUT2D eigenvalue weighted by atomic mass is 16.5. The van der Waals surface area contributed by atoms with Gasteiger partial charge in [0.1, 0.15) is 11.4 Å². The molecule has 0 spiro atoms. The van der Waals surface area contributed by atoms with E-state index in [1.165, 1.54) is 0 Å². The summed E-state index contributed by atoms with van der Waals surface area (Å²) in [5.41, 5.74) is 1.93. The summed E-state index contributed by atoms with van der Waals surface area (Å²) >= 11 is 0. The lowest BCUT2D eigenvalue weighted by molar-refractivity contribution is -0.130. The Morgan fingerprint density at radius 3 is 2.46 bits per heavy atom. The minimum absolute atomic E-state index is 0.0436. The molecule has 7 nitrogen and oxygen atoms in total. The van der Waals surface area contributed by atoms with Gasteiger partial charge in [-0.15, -0.1) is 0 Å². The zero-order valence-electron chi connectivity index (χ0n) is 13.8. The third-order valence-electron chi connectivity index (χ3n) is 4.20. The number of para-hydroxylation sites is 1. The van der Waals surface area contributed by atoms with Crippen LogP contribution in [0, 0.1) is 0 Å². The number of hydrogen-bond donors (Lipinski definition) is 1. The minimum atomic E-state index is -0.105. The number of nitrogens with zero attached hydrogens (tertiary/aromatic N) is 3. The topological polar surface area (TPSA) is 78.5 Å². The van der Waals surface area contributed by atoms with Gasteiger partial charge in [0, 0.05) is 38.7 Å². The maximum Gasteiger partial charge on any atom is 0.272 e. The second-order valence-corrected chi connectivity index (χ2v) is 5.67. The van der Waals surface area contributed by atoms with Crippen LogP contribution in [-0.4, -0.2) is 65.1 Å². The van der Waals surface area contributed by atoms with Gasteiger partial charge < -0.3 is 14.5 Å². The van der Waals surface area contributed by atoms with Crippen molar-refractivity contribution >= 4 is 11.8 Å². The van der Waals surface area contributed by atoms with Crippen LogP contribution in [0.1, 0.15) is 17.4 Å². The van der Waals surface area contributed by atoms with Crippen LogP contribution in [0.2, 0.25) is 0 Å². The lowest BCUT2D eigenvalue weighted by Crippen LogP contribution is -2.50. The van der Waals surface area contributed by atoms with Gasteiger partial charge in [-0.1, -0.05) is 12.1 Å². The molecule has 0 atom stereocenters. The number of amides is 2. The zero-order valence-corrected chi connectivity index (χ0v) is 13.8. The maximum absolute atomic E-state index is 12.6. The lowest BCUT2D eigenvalue weighted by atomic mass is 10.1. The highest BCUT2D eigenvalue weighted by molar-refractivity contribution is 5.93. The number of rotatable bonds is 3. The largest absolute Gasteiger partial charge is 0.496 e. The molecule has 2 aromatic rings. The van der Waals surface area contributed by atoms with E-state index in [0.717, 1.165) is 5.56 Å². The highest BCUT2D eigenvalue weighted by Crippen LogP contribution is 2.28. The molecule has 0 bridgehead atoms. The van der Waals surface area contributed by atoms with E-state index in [0.29, 0.717) is 43.3 Å². The van der Waals surface area contributed by atoms with Crippen LogP contribution in [0.15, 0.2) is 30.3 Å². The fraction of sp³-hybridized carbons (Fsp3) is 0.353. The Hall–Kier alpha value is -2.83. The van der Waals surface area contributed by atoms with Crippen molar-refractivity contribution in [2.45, 2.75) is 6.92 Å². The SMILES string of the molecule is COc1ccccc1-c1cc(C(=O)N2CCN(C(C)=O)CC2)[nH]n1. The molecule has 3 rings (SSSR count). The average molecular weight is 328 g/mol. The zero-order chi connectivity index (χ0) is 17.1. The number of methoxy groups -OCH3 is 1. The van der Waals surface area contributed by atoms with Gasteiger partial charge in [-0.05, 0) is 18.2 Å². The van der Waals surface area contributed by atoms with Gasteiger partial charge in [0.05, 0.1) is 12.8 Å². The number of benzene rings is 1. The Morgan fingerprint density at radius 2 is 1.79 bits per heavy atom. The maximum atomic E-state index is 12.6. The summed E-state index contributed by atoms with van der Waals surface area (Å²) in [6, 6.07) is 9.27. The van der Waals surface area contributed by atoms with Crippen molar-refractivity contribution in [2.75, 3.05) is 33.3 Å². The molecule has 126 valence electrons. The summed E-state index contributed by atoms with van der Waals surface area (Å²) in [5, 5.41) is 7.05. The summed E-state index contributed by atoms with van der Waals surface area (Å²) in [6.07, 6.45) is 0. The molecular weight excluding hydrogens is 308 g/mol. The molecule has 0 aliphatic carbocycles. The Kier molecular flexibility index (Phi) is 4.50. The number of carbonyl (C=O) groups is 2. The van der Waals surface area contributed by atoms with Crippen LogP contribution in [0.25, 0.3) is 11.3 Å². The summed E-state index contributed by atoms with van der Waals surface area (Å²) in [5.74, 6) is 0.645. The first kappa shape index (κ1) is 16.0. The summed E-state index contributed by atoms with van der Waals surface area (Å²) in [7, 11) is 1.60. The van der Waals surface area contributed by atoms with Crippen LogP contribution in [0.4, 0.5) is 0 Å². The highest BCUT2D eigenvalue weighted by Gasteiger charge is 2.24. The third-order valence-corrected chi connectivity index (χ3v) is 4.20. The van der Waals surface area contributed by atoms with Crippen molar-refractivity contribution in [3.8, 4) is 17.0 Å². The van der Waals surface area contributed by atoms with Crippen LogP contribution >= 0.6 is 0 Å². The molecule has 1 aromatic carbocycles. The van der Waals surface area contributed by atoms with Gasteiger partial charge >= 0.3 is 0 Å². The Balaban J connectivity index is 1.74. The summed E-state index contributed by atoms with van der Waals surface area (Å²) in [6.45, 7) is 3.73. The van der Waals surface area contributed by atoms with Crippen molar-refractivity contribution in [3.63, 3.8) is 0 Å². The smallest absolute Gasteiger partial charge is 0.272 e. The first-order chi connectivity index (χ1) is 11.6. The molecule has 1 fully saturated rings. The number of nitrogens with one attached hydrogen (secondary N) is 1. The fourth-order valence-corrected chi connectivity index (χ4v) is 2.82. The number of carbonyl (C=O) groups excluding carboxylic acids is 2. The third kappa shape index (κ3) is 3.10. The number of H-pyrrole nitrogens is 1. The molecule has 0 unspecified atom stereocenters. The molecule has 1 N–H and O–H groups in total. The molecule has 2 heterocycles. The molecule has 0 saturated carbocycles. The first-order valence-electron chi connectivity index (χ1n) is 7.83. The first-order valence-corrected chi connectivity index (χ1v) is 7.83. The van der Waals surface area contributed by atoms with Gasteiger partial charge in [0.2, 0.25) is 5.91 Å². The van der Waals surface area contributed by atoms with Crippen molar-refractivity contribution in [1.82, 2.24) is 20.0 Å². The number of aromatic nitrogens is 2. The standard InChI is InChI=1S/C17H20N4O3/c1-12(22)20-7-9-21(10-8-20)17(23)15-11-14(18-19-15)13-5-3-4-6-16(13)24-2/h3-6,11H,7-10H2,1-2H3,(H,18,19). The normalized spacial score (nSPS) is 14.6. The molecular formula is C17H20N4O3. The molecule has 1 saturated heterocycles. The summed E-state index contributed by atoms with van der Waals surface area (Å²) < 4.78 is 5.33. The van der Waals surface area contributed by atoms with E-state index in [1.807, 2.05) is 24.3 Å². The van der Waals surface area contributed by atoms with Gasteiger partial charge in [-0.3, -0.25) is 14.7 Å². The van der Waals surface area contributed by atoms with E-state index < -0.39 is 0 Å². The number of hydrogen-bond acceptors (Lipinski definition) is 4. The lowest BCUT2D eigenvalue weighted by Gasteiger charge is -2.33. The van der Waals surface area contributed by atoms with E-state index in [4.69, 9.17) is 4.74 Å². The average Bonchev–Trinajstić information content (AvgIpc) is 3.11. The quantitative estimate of drug-likeness (QED) is 0.923. The van der Waals surface area contributed by atoms with Crippen molar-refractivity contribution in [1.29, 1.82) is 0 Å². The molecule has 7 heteroatoms. The molecule has 1 aliphatic rings. The fourth-order valence-electron chi connectivity index (χ4n) is 2.82.